The van der Waals surface area contributed by atoms with Crippen molar-refractivity contribution in [2.45, 2.75) is 51.4 Å². The molecule has 1 amide bonds. The summed E-state index contributed by atoms with van der Waals surface area (Å²) >= 11 is 3.74. The predicted octanol–water partition coefficient (Wildman–Crippen LogP) is 8.34. The molecule has 2 aliphatic rings. The van der Waals surface area contributed by atoms with Gasteiger partial charge < -0.3 is 15.4 Å². The number of ether oxygens (including phenoxy) is 1. The Morgan fingerprint density at radius 3 is 2.24 bits per heavy atom. The number of esters is 1. The number of carbonyl (C=O) groups excluding carboxylic acids is 2. The first-order valence-electron chi connectivity index (χ1n) is 13.4. The van der Waals surface area contributed by atoms with Crippen LogP contribution in [0.2, 0.25) is 0 Å². The number of halogens is 1. The van der Waals surface area contributed by atoms with E-state index < -0.39 is 5.97 Å². The maximum atomic E-state index is 13.0. The van der Waals surface area contributed by atoms with Crippen LogP contribution in [0.15, 0.2) is 71.2 Å². The maximum absolute atomic E-state index is 13.0. The lowest BCUT2D eigenvalue weighted by molar-refractivity contribution is 0.0601. The van der Waals surface area contributed by atoms with Crippen LogP contribution in [0.5, 0.6) is 0 Å². The van der Waals surface area contributed by atoms with Crippen molar-refractivity contribution >= 4 is 44.9 Å². The highest BCUT2D eigenvalue weighted by molar-refractivity contribution is 9.10. The van der Waals surface area contributed by atoms with E-state index in [2.05, 4.69) is 52.5 Å². The number of anilines is 3. The number of para-hydroxylation sites is 1. The largest absolute Gasteiger partial charge is 0.465 e. The van der Waals surface area contributed by atoms with Crippen molar-refractivity contribution in [1.29, 1.82) is 0 Å². The maximum Gasteiger partial charge on any atom is 0.339 e. The molecule has 2 bridgehead atoms. The normalized spacial score (nSPS) is 24.4. The van der Waals surface area contributed by atoms with Crippen molar-refractivity contribution in [3.8, 4) is 0 Å². The summed E-state index contributed by atoms with van der Waals surface area (Å²) in [7, 11) is 1.36. The number of benzene rings is 3. The van der Waals surface area contributed by atoms with Crippen LogP contribution in [0.1, 0.15) is 72.2 Å². The molecule has 3 aromatic carbocycles. The molecule has 2 saturated carbocycles. The number of nitrogens with one attached hydrogen (secondary N) is 2. The summed E-state index contributed by atoms with van der Waals surface area (Å²) in [6, 6.07) is 20.8. The molecule has 2 atom stereocenters. The van der Waals surface area contributed by atoms with Gasteiger partial charge in [0.1, 0.15) is 0 Å². The van der Waals surface area contributed by atoms with Crippen molar-refractivity contribution in [2.75, 3.05) is 17.7 Å². The topological polar surface area (TPSA) is 67.4 Å². The zero-order chi connectivity index (χ0) is 26.9. The Morgan fingerprint density at radius 1 is 0.895 bits per heavy atom. The van der Waals surface area contributed by atoms with E-state index in [0.29, 0.717) is 16.8 Å². The SMILES string of the molecule is COC(=O)c1ccccc1Nc1ccc(C(=O)Nc2ccc(C34CC(C)CC(CC(C)C3)C4)cc2Br)cc1. The van der Waals surface area contributed by atoms with Gasteiger partial charge >= 0.3 is 5.97 Å². The van der Waals surface area contributed by atoms with Gasteiger partial charge in [0, 0.05) is 15.7 Å². The zero-order valence-corrected chi connectivity index (χ0v) is 23.8. The first-order valence-corrected chi connectivity index (χ1v) is 14.2. The van der Waals surface area contributed by atoms with E-state index in [1.807, 2.05) is 30.3 Å². The second-order valence-electron chi connectivity index (χ2n) is 11.3. The summed E-state index contributed by atoms with van der Waals surface area (Å²) < 4.78 is 5.79. The lowest BCUT2D eigenvalue weighted by atomic mass is 9.54. The zero-order valence-electron chi connectivity index (χ0n) is 22.2. The number of hydrogen-bond donors (Lipinski definition) is 2. The van der Waals surface area contributed by atoms with E-state index >= 15 is 0 Å². The first kappa shape index (κ1) is 26.5. The minimum Gasteiger partial charge on any atom is -0.465 e. The minimum absolute atomic E-state index is 0.171. The number of fused-ring (bicyclic) bond motifs is 2. The molecule has 6 heteroatoms. The Balaban J connectivity index is 1.28. The van der Waals surface area contributed by atoms with Gasteiger partial charge in [-0.25, -0.2) is 4.79 Å². The fourth-order valence-electron chi connectivity index (χ4n) is 6.94. The van der Waals surface area contributed by atoms with Gasteiger partial charge in [-0.05, 0) is 125 Å². The standard InChI is InChI=1S/C32H35BrN2O3/c1-20-14-22-15-21(2)18-32(17-20,19-22)24-10-13-29(27(33)16-24)35-30(36)23-8-11-25(12-9-23)34-28-7-5-4-6-26(28)31(37)38-3/h4-13,16,20-22,34H,14-15,17-19H2,1-3H3,(H,35,36). The van der Waals surface area contributed by atoms with Gasteiger partial charge in [-0.15, -0.1) is 0 Å². The van der Waals surface area contributed by atoms with E-state index in [1.165, 1.54) is 44.8 Å². The van der Waals surface area contributed by atoms with Gasteiger partial charge in [-0.2, -0.15) is 0 Å². The van der Waals surface area contributed by atoms with E-state index in [4.69, 9.17) is 4.74 Å². The third-order valence-electron chi connectivity index (χ3n) is 8.22. The molecular formula is C32H35BrN2O3. The Kier molecular flexibility index (Phi) is 7.62. The molecule has 198 valence electrons. The Morgan fingerprint density at radius 2 is 1.58 bits per heavy atom. The summed E-state index contributed by atoms with van der Waals surface area (Å²) in [6.07, 6.45) is 6.48. The number of methoxy groups -OCH3 is 1. The highest BCUT2D eigenvalue weighted by atomic mass is 79.9. The van der Waals surface area contributed by atoms with Crippen LogP contribution in [0.4, 0.5) is 17.1 Å². The molecule has 0 spiro atoms. The van der Waals surface area contributed by atoms with Gasteiger partial charge in [0.2, 0.25) is 0 Å². The highest BCUT2D eigenvalue weighted by Crippen LogP contribution is 2.54. The monoisotopic (exact) mass is 574 g/mol. The summed E-state index contributed by atoms with van der Waals surface area (Å²) in [5.41, 5.74) is 4.83. The third kappa shape index (κ3) is 5.51. The molecule has 2 aliphatic carbocycles. The predicted molar refractivity (Wildman–Crippen MR) is 156 cm³/mol. The summed E-state index contributed by atoms with van der Waals surface area (Å²) in [4.78, 5) is 25.1. The smallest absolute Gasteiger partial charge is 0.339 e. The average Bonchev–Trinajstić information content (AvgIpc) is 2.89. The molecule has 0 radical (unpaired) electrons. The molecule has 2 unspecified atom stereocenters. The van der Waals surface area contributed by atoms with Crippen LogP contribution in [0.25, 0.3) is 0 Å². The van der Waals surface area contributed by atoms with E-state index in [-0.39, 0.29) is 11.3 Å². The second kappa shape index (κ2) is 10.9. The number of hydrogen-bond acceptors (Lipinski definition) is 4. The molecule has 0 aromatic heterocycles. The van der Waals surface area contributed by atoms with Crippen molar-refractivity contribution in [3.63, 3.8) is 0 Å². The summed E-state index contributed by atoms with van der Waals surface area (Å²) in [5, 5.41) is 6.29. The second-order valence-corrected chi connectivity index (χ2v) is 12.2. The molecule has 0 aliphatic heterocycles. The van der Waals surface area contributed by atoms with Gasteiger partial charge in [0.05, 0.1) is 24.0 Å². The Bertz CT molecular complexity index is 1320. The lowest BCUT2D eigenvalue weighted by Gasteiger charge is -2.50. The quantitative estimate of drug-likeness (QED) is 0.290. The van der Waals surface area contributed by atoms with E-state index in [9.17, 15) is 9.59 Å². The first-order chi connectivity index (χ1) is 18.3. The Labute approximate surface area is 233 Å². The molecular weight excluding hydrogens is 540 g/mol. The van der Waals surface area contributed by atoms with Crippen molar-refractivity contribution in [1.82, 2.24) is 0 Å². The number of amides is 1. The van der Waals surface area contributed by atoms with Gasteiger partial charge in [0.25, 0.3) is 5.91 Å². The van der Waals surface area contributed by atoms with Crippen LogP contribution in [0, 0.1) is 17.8 Å². The van der Waals surface area contributed by atoms with Crippen LogP contribution < -0.4 is 10.6 Å². The van der Waals surface area contributed by atoms with Crippen LogP contribution in [-0.2, 0) is 10.2 Å². The average molecular weight is 576 g/mol. The van der Waals surface area contributed by atoms with Gasteiger partial charge in [-0.3, -0.25) is 4.79 Å². The molecule has 38 heavy (non-hydrogen) atoms. The molecule has 2 N–H and O–H groups in total. The highest BCUT2D eigenvalue weighted by Gasteiger charge is 2.45. The number of rotatable bonds is 6. The molecule has 5 rings (SSSR count). The van der Waals surface area contributed by atoms with E-state index in [1.54, 1.807) is 24.3 Å². The number of carbonyl (C=O) groups is 2. The van der Waals surface area contributed by atoms with Gasteiger partial charge in [-0.1, -0.05) is 32.0 Å². The summed E-state index contributed by atoms with van der Waals surface area (Å²) in [5.74, 6) is 1.76. The molecule has 3 aromatic rings. The van der Waals surface area contributed by atoms with E-state index in [0.717, 1.165) is 33.6 Å². The van der Waals surface area contributed by atoms with Crippen LogP contribution in [-0.4, -0.2) is 19.0 Å². The molecule has 0 heterocycles. The van der Waals surface area contributed by atoms with Gasteiger partial charge in [0.15, 0.2) is 0 Å². The van der Waals surface area contributed by atoms with Crippen LogP contribution in [0.3, 0.4) is 0 Å². The minimum atomic E-state index is -0.406. The fourth-order valence-corrected chi connectivity index (χ4v) is 7.42. The Hall–Kier alpha value is -3.12. The van der Waals surface area contributed by atoms with Crippen molar-refractivity contribution in [2.24, 2.45) is 17.8 Å². The van der Waals surface area contributed by atoms with Crippen molar-refractivity contribution in [3.05, 3.63) is 87.9 Å². The summed E-state index contributed by atoms with van der Waals surface area (Å²) in [6.45, 7) is 4.80. The fraction of sp³-hybridized carbons (Fsp3) is 0.375. The third-order valence-corrected chi connectivity index (χ3v) is 8.87. The lowest BCUT2D eigenvalue weighted by Crippen LogP contribution is -2.42. The van der Waals surface area contributed by atoms with Crippen molar-refractivity contribution < 1.29 is 14.3 Å². The van der Waals surface area contributed by atoms with Crippen LogP contribution >= 0.6 is 15.9 Å². The molecule has 5 nitrogen and oxygen atoms in total. The molecule has 0 saturated heterocycles. The molecule has 2 fully saturated rings.